The van der Waals surface area contributed by atoms with Crippen LogP contribution in [0, 0.1) is 5.92 Å². The van der Waals surface area contributed by atoms with Crippen LogP contribution in [0.3, 0.4) is 0 Å². The lowest BCUT2D eigenvalue weighted by molar-refractivity contribution is -0.154. The molecule has 6 nitrogen and oxygen atoms in total. The van der Waals surface area contributed by atoms with Gasteiger partial charge in [-0.2, -0.15) is 13.2 Å². The van der Waals surface area contributed by atoms with Crippen molar-refractivity contribution in [1.82, 2.24) is 15.2 Å². The minimum atomic E-state index is -4.44. The van der Waals surface area contributed by atoms with Crippen molar-refractivity contribution in [2.24, 2.45) is 5.92 Å². The Bertz CT molecular complexity index is 582. The average Bonchev–Trinajstić information content (AvgIpc) is 2.58. The van der Waals surface area contributed by atoms with Gasteiger partial charge in [0.25, 0.3) is 5.91 Å². The number of nitrogens with zero attached hydrogens (tertiary/aromatic N) is 2. The third kappa shape index (κ3) is 4.84. The molecule has 0 atom stereocenters. The van der Waals surface area contributed by atoms with Crippen LogP contribution >= 0.6 is 0 Å². The summed E-state index contributed by atoms with van der Waals surface area (Å²) < 4.78 is 40.7. The van der Waals surface area contributed by atoms with Gasteiger partial charge in [-0.1, -0.05) is 0 Å². The number of halogens is 3. The van der Waals surface area contributed by atoms with E-state index in [1.807, 2.05) is 0 Å². The van der Waals surface area contributed by atoms with Gasteiger partial charge in [0.05, 0.1) is 5.56 Å². The number of amides is 2. The Labute approximate surface area is 137 Å². The van der Waals surface area contributed by atoms with Gasteiger partial charge in [-0.25, -0.2) is 4.98 Å². The number of carbonyl (C=O) groups excluding carboxylic acids is 2. The molecule has 1 aliphatic rings. The summed E-state index contributed by atoms with van der Waals surface area (Å²) in [6.07, 6.45) is -2.10. The summed E-state index contributed by atoms with van der Waals surface area (Å²) in [4.78, 5) is 29.2. The third-order valence-electron chi connectivity index (χ3n) is 3.77. The highest BCUT2D eigenvalue weighted by atomic mass is 19.4. The van der Waals surface area contributed by atoms with Crippen molar-refractivity contribution in [3.8, 4) is 5.88 Å². The second-order valence-corrected chi connectivity index (χ2v) is 5.47. The highest BCUT2D eigenvalue weighted by molar-refractivity contribution is 5.94. The molecular formula is C15H18F3N3O3. The monoisotopic (exact) mass is 345 g/mol. The van der Waals surface area contributed by atoms with Crippen LogP contribution in [-0.2, 0) is 4.79 Å². The Hall–Kier alpha value is -2.32. The first kappa shape index (κ1) is 18.0. The Morgan fingerprint density at radius 3 is 2.50 bits per heavy atom. The van der Waals surface area contributed by atoms with Gasteiger partial charge in [-0.15, -0.1) is 0 Å². The average molecular weight is 345 g/mol. The van der Waals surface area contributed by atoms with Crippen molar-refractivity contribution >= 4 is 11.8 Å². The van der Waals surface area contributed by atoms with Crippen LogP contribution in [-0.4, -0.2) is 54.6 Å². The van der Waals surface area contributed by atoms with Gasteiger partial charge in [-0.3, -0.25) is 9.59 Å². The van der Waals surface area contributed by atoms with Crippen LogP contribution in [0.2, 0.25) is 0 Å². The molecule has 1 fully saturated rings. The SMILES string of the molecule is CNC(=O)C1CCN(C(=O)c2ccc(OCC(F)(F)F)nc2)CC1. The van der Waals surface area contributed by atoms with Crippen LogP contribution < -0.4 is 10.1 Å². The molecule has 0 spiro atoms. The molecule has 0 saturated carbocycles. The van der Waals surface area contributed by atoms with E-state index in [1.54, 1.807) is 11.9 Å². The fourth-order valence-electron chi connectivity index (χ4n) is 2.48. The van der Waals surface area contributed by atoms with Crippen molar-refractivity contribution < 1.29 is 27.5 Å². The Kier molecular flexibility index (Phi) is 5.63. The molecule has 2 rings (SSSR count). The molecule has 2 heterocycles. The number of likely N-dealkylation sites (tertiary alicyclic amines) is 1. The van der Waals surface area contributed by atoms with E-state index in [2.05, 4.69) is 15.0 Å². The second kappa shape index (κ2) is 7.50. The zero-order chi connectivity index (χ0) is 17.7. The Morgan fingerprint density at radius 2 is 2.00 bits per heavy atom. The Balaban J connectivity index is 1.90. The van der Waals surface area contributed by atoms with Crippen LogP contribution in [0.5, 0.6) is 5.88 Å². The summed E-state index contributed by atoms with van der Waals surface area (Å²) in [5.74, 6) is -0.590. The van der Waals surface area contributed by atoms with E-state index in [0.29, 0.717) is 25.9 Å². The number of hydrogen-bond acceptors (Lipinski definition) is 4. The molecule has 1 saturated heterocycles. The largest absolute Gasteiger partial charge is 0.468 e. The summed E-state index contributed by atoms with van der Waals surface area (Å²) in [5.41, 5.74) is 0.271. The first-order valence-electron chi connectivity index (χ1n) is 7.46. The summed E-state index contributed by atoms with van der Waals surface area (Å²) in [5, 5.41) is 2.59. The minimum absolute atomic E-state index is 0.0325. The maximum absolute atomic E-state index is 12.3. The van der Waals surface area contributed by atoms with Crippen molar-refractivity contribution in [2.45, 2.75) is 19.0 Å². The molecule has 0 bridgehead atoms. The molecular weight excluding hydrogens is 327 g/mol. The zero-order valence-corrected chi connectivity index (χ0v) is 13.1. The number of ether oxygens (including phenoxy) is 1. The lowest BCUT2D eigenvalue weighted by atomic mass is 9.95. The smallest absolute Gasteiger partial charge is 0.422 e. The molecule has 1 aliphatic heterocycles. The van der Waals surface area contributed by atoms with E-state index in [4.69, 9.17) is 0 Å². The number of carbonyl (C=O) groups is 2. The molecule has 0 unspecified atom stereocenters. The number of piperidine rings is 1. The summed E-state index contributed by atoms with van der Waals surface area (Å²) >= 11 is 0. The second-order valence-electron chi connectivity index (χ2n) is 5.47. The van der Waals surface area contributed by atoms with E-state index in [9.17, 15) is 22.8 Å². The first-order valence-corrected chi connectivity index (χ1v) is 7.46. The van der Waals surface area contributed by atoms with Crippen LogP contribution in [0.25, 0.3) is 0 Å². The number of pyridine rings is 1. The van der Waals surface area contributed by atoms with Gasteiger partial charge in [-0.05, 0) is 18.9 Å². The van der Waals surface area contributed by atoms with Crippen LogP contribution in [0.15, 0.2) is 18.3 Å². The number of rotatable bonds is 4. The number of alkyl halides is 3. The van der Waals surface area contributed by atoms with Crippen molar-refractivity contribution in [1.29, 1.82) is 0 Å². The fraction of sp³-hybridized carbons (Fsp3) is 0.533. The molecule has 1 N–H and O–H groups in total. The van der Waals surface area contributed by atoms with Crippen molar-refractivity contribution in [2.75, 3.05) is 26.7 Å². The van der Waals surface area contributed by atoms with Crippen LogP contribution in [0.4, 0.5) is 13.2 Å². The minimum Gasteiger partial charge on any atom is -0.468 e. The topological polar surface area (TPSA) is 71.5 Å². The standard InChI is InChI=1S/C15H18F3N3O3/c1-19-13(22)10-4-6-21(7-5-10)14(23)11-2-3-12(20-8-11)24-9-15(16,17)18/h2-3,8,10H,4-7,9H2,1H3,(H,19,22). The predicted molar refractivity (Wildman–Crippen MR) is 78.5 cm³/mol. The highest BCUT2D eigenvalue weighted by Crippen LogP contribution is 2.20. The van der Waals surface area contributed by atoms with E-state index >= 15 is 0 Å². The third-order valence-corrected chi connectivity index (χ3v) is 3.77. The zero-order valence-electron chi connectivity index (χ0n) is 13.1. The van der Waals surface area contributed by atoms with Gasteiger partial charge < -0.3 is 15.0 Å². The maximum atomic E-state index is 12.3. The van der Waals surface area contributed by atoms with Crippen LogP contribution in [0.1, 0.15) is 23.2 Å². The van der Waals surface area contributed by atoms with Gasteiger partial charge >= 0.3 is 6.18 Å². The van der Waals surface area contributed by atoms with Gasteiger partial charge in [0, 0.05) is 38.3 Å². The molecule has 132 valence electrons. The molecule has 0 aromatic carbocycles. The van der Waals surface area contributed by atoms with E-state index in [1.165, 1.54) is 18.3 Å². The van der Waals surface area contributed by atoms with Gasteiger partial charge in [0.2, 0.25) is 11.8 Å². The number of nitrogens with one attached hydrogen (secondary N) is 1. The predicted octanol–water partition coefficient (Wildman–Crippen LogP) is 1.62. The Morgan fingerprint density at radius 1 is 1.33 bits per heavy atom. The van der Waals surface area contributed by atoms with E-state index in [0.717, 1.165) is 0 Å². The molecule has 9 heteroatoms. The highest BCUT2D eigenvalue weighted by Gasteiger charge is 2.29. The maximum Gasteiger partial charge on any atom is 0.422 e. The molecule has 2 amide bonds. The van der Waals surface area contributed by atoms with Gasteiger partial charge in [0.1, 0.15) is 0 Å². The lowest BCUT2D eigenvalue weighted by Crippen LogP contribution is -2.42. The molecule has 0 aliphatic carbocycles. The molecule has 24 heavy (non-hydrogen) atoms. The fourth-order valence-corrected chi connectivity index (χ4v) is 2.48. The normalized spacial score (nSPS) is 15.9. The molecule has 1 aromatic heterocycles. The summed E-state index contributed by atoms with van der Waals surface area (Å²) in [6.45, 7) is -0.535. The van der Waals surface area contributed by atoms with E-state index < -0.39 is 12.8 Å². The summed E-state index contributed by atoms with van der Waals surface area (Å²) in [6, 6.07) is 2.61. The summed E-state index contributed by atoms with van der Waals surface area (Å²) in [7, 11) is 1.58. The number of hydrogen-bond donors (Lipinski definition) is 1. The van der Waals surface area contributed by atoms with Crippen molar-refractivity contribution in [3.05, 3.63) is 23.9 Å². The molecule has 0 radical (unpaired) electrons. The number of aromatic nitrogens is 1. The first-order chi connectivity index (χ1) is 11.3. The lowest BCUT2D eigenvalue weighted by Gasteiger charge is -2.31. The van der Waals surface area contributed by atoms with E-state index in [-0.39, 0.29) is 29.2 Å². The molecule has 1 aromatic rings. The van der Waals surface area contributed by atoms with Crippen molar-refractivity contribution in [3.63, 3.8) is 0 Å². The quantitative estimate of drug-likeness (QED) is 0.900. The van der Waals surface area contributed by atoms with Gasteiger partial charge in [0.15, 0.2) is 6.61 Å².